The topological polar surface area (TPSA) is 64.6 Å². The molecule has 0 spiro atoms. The molecule has 5 nitrogen and oxygen atoms in total. The first-order valence-corrected chi connectivity index (χ1v) is 10.2. The molecule has 0 aliphatic heterocycles. The molecule has 148 valence electrons. The van der Waals surface area contributed by atoms with Crippen LogP contribution in [0.5, 0.6) is 5.75 Å². The maximum absolute atomic E-state index is 12.1. The van der Waals surface area contributed by atoms with Crippen LogP contribution in [0.15, 0.2) is 83.8 Å². The third kappa shape index (κ3) is 6.40. The lowest BCUT2D eigenvalue weighted by atomic mass is 10.2. The van der Waals surface area contributed by atoms with Crippen molar-refractivity contribution in [3.63, 3.8) is 0 Å². The number of anilines is 1. The summed E-state index contributed by atoms with van der Waals surface area (Å²) < 4.78 is 10.8. The number of amides is 1. The number of ether oxygens (including phenoxy) is 2. The van der Waals surface area contributed by atoms with E-state index < -0.39 is 5.97 Å². The summed E-state index contributed by atoms with van der Waals surface area (Å²) in [4.78, 5) is 25.2. The Balaban J connectivity index is 1.46. The van der Waals surface area contributed by atoms with Crippen molar-refractivity contribution in [1.29, 1.82) is 0 Å². The van der Waals surface area contributed by atoms with Gasteiger partial charge in [0.25, 0.3) is 5.91 Å². The number of hydrogen-bond acceptors (Lipinski definition) is 5. The predicted octanol–water partition coefficient (Wildman–Crippen LogP) is 4.78. The Labute approximate surface area is 174 Å². The van der Waals surface area contributed by atoms with Crippen molar-refractivity contribution in [2.75, 3.05) is 18.2 Å². The fraction of sp³-hybridized carbons (Fsp3) is 0.130. The van der Waals surface area contributed by atoms with E-state index >= 15 is 0 Å². The lowest BCUT2D eigenvalue weighted by molar-refractivity contribution is -0.119. The quantitative estimate of drug-likeness (QED) is 0.430. The third-order valence-corrected chi connectivity index (χ3v) is 4.75. The molecule has 0 saturated carbocycles. The molecule has 0 heterocycles. The SMILES string of the molecule is CSc1cccc(NC(=O)COC(=O)c2ccc(OCc3ccccc3)cc2)c1. The Kier molecular flexibility index (Phi) is 7.30. The van der Waals surface area contributed by atoms with Crippen LogP contribution in [0.3, 0.4) is 0 Å². The highest BCUT2D eigenvalue weighted by atomic mass is 32.2. The molecule has 29 heavy (non-hydrogen) atoms. The highest BCUT2D eigenvalue weighted by molar-refractivity contribution is 7.98. The van der Waals surface area contributed by atoms with Gasteiger partial charge in [-0.1, -0.05) is 36.4 Å². The highest BCUT2D eigenvalue weighted by Crippen LogP contribution is 2.19. The van der Waals surface area contributed by atoms with E-state index in [0.29, 0.717) is 23.6 Å². The molecule has 0 aliphatic carbocycles. The van der Waals surface area contributed by atoms with Gasteiger partial charge in [-0.3, -0.25) is 4.79 Å². The summed E-state index contributed by atoms with van der Waals surface area (Å²) in [5.74, 6) is -0.302. The van der Waals surface area contributed by atoms with Crippen molar-refractivity contribution in [3.8, 4) is 5.75 Å². The van der Waals surface area contributed by atoms with E-state index in [1.165, 1.54) is 0 Å². The number of carbonyl (C=O) groups excluding carboxylic acids is 2. The standard InChI is InChI=1S/C23H21NO4S/c1-29-21-9-5-8-19(14-21)24-22(25)16-28-23(26)18-10-12-20(13-11-18)27-15-17-6-3-2-4-7-17/h2-14H,15-16H2,1H3,(H,24,25). The molecule has 3 aromatic rings. The molecule has 0 bridgehead atoms. The number of benzene rings is 3. The van der Waals surface area contributed by atoms with E-state index in [0.717, 1.165) is 10.5 Å². The average Bonchev–Trinajstić information content (AvgIpc) is 2.77. The minimum absolute atomic E-state index is 0.353. The lowest BCUT2D eigenvalue weighted by Crippen LogP contribution is -2.20. The fourth-order valence-electron chi connectivity index (χ4n) is 2.54. The molecule has 3 rings (SSSR count). The zero-order chi connectivity index (χ0) is 20.5. The molecule has 1 N–H and O–H groups in total. The summed E-state index contributed by atoms with van der Waals surface area (Å²) in [6, 6.07) is 23.9. The van der Waals surface area contributed by atoms with Crippen molar-refractivity contribution < 1.29 is 19.1 Å². The van der Waals surface area contributed by atoms with Crippen molar-refractivity contribution in [2.24, 2.45) is 0 Å². The van der Waals surface area contributed by atoms with Crippen LogP contribution >= 0.6 is 11.8 Å². The zero-order valence-electron chi connectivity index (χ0n) is 16.0. The van der Waals surface area contributed by atoms with E-state index in [4.69, 9.17) is 9.47 Å². The van der Waals surface area contributed by atoms with Crippen molar-refractivity contribution in [3.05, 3.63) is 90.0 Å². The first kappa shape index (κ1) is 20.5. The van der Waals surface area contributed by atoms with Crippen molar-refractivity contribution in [1.82, 2.24) is 0 Å². The molecule has 0 saturated heterocycles. The van der Waals surface area contributed by atoms with Gasteiger partial charge in [0, 0.05) is 10.6 Å². The molecule has 1 amide bonds. The van der Waals surface area contributed by atoms with E-state index in [1.807, 2.05) is 54.8 Å². The molecular formula is C23H21NO4S. The number of esters is 1. The molecule has 0 atom stereocenters. The van der Waals surface area contributed by atoms with E-state index in [-0.39, 0.29) is 12.5 Å². The van der Waals surface area contributed by atoms with E-state index in [1.54, 1.807) is 42.1 Å². The maximum atomic E-state index is 12.1. The van der Waals surface area contributed by atoms with Crippen molar-refractivity contribution in [2.45, 2.75) is 11.5 Å². The van der Waals surface area contributed by atoms with Gasteiger partial charge in [0.2, 0.25) is 0 Å². The summed E-state index contributed by atoms with van der Waals surface area (Å²) in [6.45, 7) is 0.0944. The van der Waals surface area contributed by atoms with Gasteiger partial charge < -0.3 is 14.8 Å². The lowest BCUT2D eigenvalue weighted by Gasteiger charge is -2.09. The van der Waals surface area contributed by atoms with Crippen LogP contribution in [0.4, 0.5) is 5.69 Å². The average molecular weight is 407 g/mol. The summed E-state index contributed by atoms with van der Waals surface area (Å²) in [5.41, 5.74) is 2.08. The number of hydrogen-bond donors (Lipinski definition) is 1. The van der Waals surface area contributed by atoms with Gasteiger partial charge >= 0.3 is 5.97 Å². The monoisotopic (exact) mass is 407 g/mol. The minimum atomic E-state index is -0.562. The van der Waals surface area contributed by atoms with Gasteiger partial charge in [-0.25, -0.2) is 4.79 Å². The Bertz CT molecular complexity index is 958. The summed E-state index contributed by atoms with van der Waals surface area (Å²) >= 11 is 1.58. The Morgan fingerprint density at radius 2 is 1.69 bits per heavy atom. The number of nitrogens with one attached hydrogen (secondary N) is 1. The predicted molar refractivity (Wildman–Crippen MR) is 114 cm³/mol. The van der Waals surface area contributed by atoms with Gasteiger partial charge in [-0.05, 0) is 54.3 Å². The summed E-state index contributed by atoms with van der Waals surface area (Å²) in [5, 5.41) is 2.72. The van der Waals surface area contributed by atoms with Crippen LogP contribution in [0.25, 0.3) is 0 Å². The molecular weight excluding hydrogens is 386 g/mol. The largest absolute Gasteiger partial charge is 0.489 e. The van der Waals surface area contributed by atoms with Crippen LogP contribution in [-0.2, 0) is 16.1 Å². The second kappa shape index (κ2) is 10.3. The van der Waals surface area contributed by atoms with Gasteiger partial charge in [0.1, 0.15) is 12.4 Å². The molecule has 0 radical (unpaired) electrons. The fourth-order valence-corrected chi connectivity index (χ4v) is 3.00. The summed E-state index contributed by atoms with van der Waals surface area (Å²) in [6.07, 6.45) is 1.96. The Hall–Kier alpha value is -3.25. The molecule has 0 aromatic heterocycles. The van der Waals surface area contributed by atoms with Crippen LogP contribution in [0.1, 0.15) is 15.9 Å². The van der Waals surface area contributed by atoms with Gasteiger partial charge in [-0.2, -0.15) is 0 Å². The number of carbonyl (C=O) groups is 2. The summed E-state index contributed by atoms with van der Waals surface area (Å²) in [7, 11) is 0. The first-order chi connectivity index (χ1) is 14.1. The number of rotatable bonds is 8. The van der Waals surface area contributed by atoms with E-state index in [9.17, 15) is 9.59 Å². The molecule has 3 aromatic carbocycles. The van der Waals surface area contributed by atoms with E-state index in [2.05, 4.69) is 5.32 Å². The van der Waals surface area contributed by atoms with Gasteiger partial charge in [0.05, 0.1) is 5.56 Å². The first-order valence-electron chi connectivity index (χ1n) is 9.02. The zero-order valence-corrected chi connectivity index (χ0v) is 16.8. The van der Waals surface area contributed by atoms with Crippen LogP contribution in [0.2, 0.25) is 0 Å². The molecule has 0 aliphatic rings. The van der Waals surface area contributed by atoms with Crippen molar-refractivity contribution >= 4 is 29.3 Å². The van der Waals surface area contributed by atoms with Gasteiger partial charge in [0.15, 0.2) is 6.61 Å². The molecule has 0 unspecified atom stereocenters. The van der Waals surface area contributed by atoms with Gasteiger partial charge in [-0.15, -0.1) is 11.8 Å². The Morgan fingerprint density at radius 3 is 2.41 bits per heavy atom. The third-order valence-electron chi connectivity index (χ3n) is 4.03. The minimum Gasteiger partial charge on any atom is -0.489 e. The number of thioether (sulfide) groups is 1. The van der Waals surface area contributed by atoms with Crippen LogP contribution in [-0.4, -0.2) is 24.7 Å². The second-order valence-corrected chi connectivity index (χ2v) is 7.03. The highest BCUT2D eigenvalue weighted by Gasteiger charge is 2.11. The van der Waals surface area contributed by atoms with Crippen LogP contribution in [0, 0.1) is 0 Å². The normalized spacial score (nSPS) is 10.2. The molecule has 0 fully saturated rings. The maximum Gasteiger partial charge on any atom is 0.338 e. The Morgan fingerprint density at radius 1 is 0.931 bits per heavy atom. The van der Waals surface area contributed by atoms with Crippen LogP contribution < -0.4 is 10.1 Å². The smallest absolute Gasteiger partial charge is 0.338 e. The second-order valence-electron chi connectivity index (χ2n) is 6.15. The molecule has 6 heteroatoms.